The van der Waals surface area contributed by atoms with Gasteiger partial charge < -0.3 is 4.90 Å². The Kier molecular flexibility index (Phi) is 3.94. The van der Waals surface area contributed by atoms with E-state index in [2.05, 4.69) is 0 Å². The molecular formula is C14H17F2NO. The van der Waals surface area contributed by atoms with Crippen LogP contribution in [0.2, 0.25) is 0 Å². The zero-order chi connectivity index (χ0) is 13.0. The van der Waals surface area contributed by atoms with Crippen molar-refractivity contribution in [2.45, 2.75) is 31.6 Å². The Hall–Kier alpha value is -1.45. The molecule has 2 nitrogen and oxygen atoms in total. The molecule has 0 aromatic heterocycles. The number of alkyl halides is 2. The van der Waals surface area contributed by atoms with Gasteiger partial charge in [-0.15, -0.1) is 0 Å². The highest BCUT2D eigenvalue weighted by Gasteiger charge is 2.35. The van der Waals surface area contributed by atoms with E-state index in [0.29, 0.717) is 12.8 Å². The largest absolute Gasteiger partial charge is 0.342 e. The van der Waals surface area contributed by atoms with E-state index in [1.165, 1.54) is 0 Å². The number of halogens is 2. The molecule has 1 aliphatic heterocycles. The Balaban J connectivity index is 1.79. The first-order valence-electron chi connectivity index (χ1n) is 6.26. The van der Waals surface area contributed by atoms with Crippen LogP contribution in [-0.2, 0) is 11.2 Å². The summed E-state index contributed by atoms with van der Waals surface area (Å²) in [6.07, 6.45) is 0.663. The Morgan fingerprint density at radius 1 is 1.17 bits per heavy atom. The van der Waals surface area contributed by atoms with E-state index in [-0.39, 0.29) is 31.8 Å². The van der Waals surface area contributed by atoms with Crippen LogP contribution in [-0.4, -0.2) is 29.8 Å². The van der Waals surface area contributed by atoms with Gasteiger partial charge in [-0.1, -0.05) is 30.3 Å². The van der Waals surface area contributed by atoms with Crippen molar-refractivity contribution in [3.8, 4) is 0 Å². The summed E-state index contributed by atoms with van der Waals surface area (Å²) in [5, 5.41) is 0. The fourth-order valence-corrected chi connectivity index (χ4v) is 2.14. The topological polar surface area (TPSA) is 20.3 Å². The maximum Gasteiger partial charge on any atom is 0.251 e. The van der Waals surface area contributed by atoms with Crippen LogP contribution in [0, 0.1) is 0 Å². The average molecular weight is 253 g/mol. The molecule has 1 aromatic rings. The Morgan fingerprint density at radius 2 is 1.78 bits per heavy atom. The molecule has 0 spiro atoms. The third-order valence-electron chi connectivity index (χ3n) is 3.32. The predicted molar refractivity (Wildman–Crippen MR) is 65.5 cm³/mol. The van der Waals surface area contributed by atoms with Gasteiger partial charge in [-0.05, 0) is 12.0 Å². The fraction of sp³-hybridized carbons (Fsp3) is 0.500. The van der Waals surface area contributed by atoms with Gasteiger partial charge in [0, 0.05) is 32.4 Å². The average Bonchev–Trinajstić information content (AvgIpc) is 2.37. The van der Waals surface area contributed by atoms with E-state index >= 15 is 0 Å². The lowest BCUT2D eigenvalue weighted by atomic mass is 10.1. The van der Waals surface area contributed by atoms with Crippen molar-refractivity contribution in [3.05, 3.63) is 35.9 Å². The third kappa shape index (κ3) is 3.52. The summed E-state index contributed by atoms with van der Waals surface area (Å²) in [4.78, 5) is 13.4. The van der Waals surface area contributed by atoms with Crippen LogP contribution in [0.5, 0.6) is 0 Å². The highest BCUT2D eigenvalue weighted by Crippen LogP contribution is 2.27. The zero-order valence-corrected chi connectivity index (χ0v) is 10.2. The number of likely N-dealkylation sites (tertiary alicyclic amines) is 1. The molecule has 98 valence electrons. The minimum atomic E-state index is -2.59. The molecule has 1 fully saturated rings. The van der Waals surface area contributed by atoms with Crippen LogP contribution in [0.1, 0.15) is 24.8 Å². The van der Waals surface area contributed by atoms with Gasteiger partial charge in [0.05, 0.1) is 0 Å². The van der Waals surface area contributed by atoms with E-state index < -0.39 is 5.92 Å². The summed E-state index contributed by atoms with van der Waals surface area (Å²) in [5.41, 5.74) is 1.10. The highest BCUT2D eigenvalue weighted by atomic mass is 19.3. The second-order valence-electron chi connectivity index (χ2n) is 4.72. The summed E-state index contributed by atoms with van der Waals surface area (Å²) < 4.78 is 25.9. The van der Waals surface area contributed by atoms with Crippen molar-refractivity contribution in [1.29, 1.82) is 0 Å². The molecule has 1 amide bonds. The fourth-order valence-electron chi connectivity index (χ4n) is 2.14. The summed E-state index contributed by atoms with van der Waals surface area (Å²) in [5.74, 6) is -2.61. The predicted octanol–water partition coefficient (Wildman–Crippen LogP) is 2.88. The van der Waals surface area contributed by atoms with Gasteiger partial charge in [-0.25, -0.2) is 8.78 Å². The Labute approximate surface area is 106 Å². The Morgan fingerprint density at radius 3 is 2.39 bits per heavy atom. The lowest BCUT2D eigenvalue weighted by Crippen LogP contribution is -2.42. The molecule has 0 saturated carbocycles. The van der Waals surface area contributed by atoms with E-state index in [4.69, 9.17) is 0 Å². The Bertz CT molecular complexity index is 396. The number of aryl methyl sites for hydroxylation is 1. The number of nitrogens with zero attached hydrogens (tertiary/aromatic N) is 1. The second-order valence-corrected chi connectivity index (χ2v) is 4.72. The second kappa shape index (κ2) is 5.46. The van der Waals surface area contributed by atoms with E-state index in [9.17, 15) is 13.6 Å². The maximum absolute atomic E-state index is 13.0. The van der Waals surface area contributed by atoms with Gasteiger partial charge in [-0.3, -0.25) is 4.79 Å². The van der Waals surface area contributed by atoms with E-state index in [1.54, 1.807) is 4.90 Å². The maximum atomic E-state index is 13.0. The van der Waals surface area contributed by atoms with E-state index in [1.807, 2.05) is 30.3 Å². The molecule has 0 atom stereocenters. The standard InChI is InChI=1S/C14H17F2NO/c15-14(16)8-10-17(11-9-14)13(18)7-6-12-4-2-1-3-5-12/h1-5H,6-11H2. The number of carbonyl (C=O) groups excluding carboxylic acids is 1. The monoisotopic (exact) mass is 253 g/mol. The normalized spacial score (nSPS) is 18.7. The molecule has 1 heterocycles. The smallest absolute Gasteiger partial charge is 0.251 e. The number of hydrogen-bond acceptors (Lipinski definition) is 1. The highest BCUT2D eigenvalue weighted by molar-refractivity contribution is 5.76. The number of hydrogen-bond donors (Lipinski definition) is 0. The molecular weight excluding hydrogens is 236 g/mol. The quantitative estimate of drug-likeness (QED) is 0.811. The first kappa shape index (κ1) is 13.0. The number of carbonyl (C=O) groups is 1. The lowest BCUT2D eigenvalue weighted by Gasteiger charge is -2.31. The van der Waals surface area contributed by atoms with Gasteiger partial charge in [-0.2, -0.15) is 0 Å². The number of rotatable bonds is 3. The molecule has 1 aromatic carbocycles. The lowest BCUT2D eigenvalue weighted by molar-refractivity contribution is -0.137. The molecule has 1 saturated heterocycles. The first-order chi connectivity index (χ1) is 8.57. The van der Waals surface area contributed by atoms with Crippen LogP contribution in [0.15, 0.2) is 30.3 Å². The van der Waals surface area contributed by atoms with Gasteiger partial charge in [0.1, 0.15) is 0 Å². The first-order valence-corrected chi connectivity index (χ1v) is 6.26. The van der Waals surface area contributed by atoms with Gasteiger partial charge in [0.2, 0.25) is 5.91 Å². The molecule has 4 heteroatoms. The SMILES string of the molecule is O=C(CCc1ccccc1)N1CCC(F)(F)CC1. The number of benzene rings is 1. The van der Waals surface area contributed by atoms with Crippen molar-refractivity contribution >= 4 is 5.91 Å². The van der Waals surface area contributed by atoms with Crippen LogP contribution in [0.4, 0.5) is 8.78 Å². The van der Waals surface area contributed by atoms with Gasteiger partial charge in [0.25, 0.3) is 5.92 Å². The molecule has 1 aliphatic rings. The van der Waals surface area contributed by atoms with Crippen molar-refractivity contribution in [2.75, 3.05) is 13.1 Å². The van der Waals surface area contributed by atoms with Crippen molar-refractivity contribution < 1.29 is 13.6 Å². The molecule has 18 heavy (non-hydrogen) atoms. The molecule has 2 rings (SSSR count). The van der Waals surface area contributed by atoms with Crippen molar-refractivity contribution in [3.63, 3.8) is 0 Å². The summed E-state index contributed by atoms with van der Waals surface area (Å²) in [6.45, 7) is 0.362. The van der Waals surface area contributed by atoms with Gasteiger partial charge in [0.15, 0.2) is 0 Å². The summed E-state index contributed by atoms with van der Waals surface area (Å²) in [7, 11) is 0. The number of amides is 1. The molecule has 0 unspecified atom stereocenters. The van der Waals surface area contributed by atoms with Crippen molar-refractivity contribution in [1.82, 2.24) is 4.90 Å². The van der Waals surface area contributed by atoms with E-state index in [0.717, 1.165) is 5.56 Å². The van der Waals surface area contributed by atoms with Crippen molar-refractivity contribution in [2.24, 2.45) is 0 Å². The molecule has 0 bridgehead atoms. The minimum Gasteiger partial charge on any atom is -0.342 e. The third-order valence-corrected chi connectivity index (χ3v) is 3.32. The summed E-state index contributed by atoms with van der Waals surface area (Å²) >= 11 is 0. The minimum absolute atomic E-state index is 0.0191. The van der Waals surface area contributed by atoms with Gasteiger partial charge >= 0.3 is 0 Å². The summed E-state index contributed by atoms with van der Waals surface area (Å²) in [6, 6.07) is 9.73. The molecule has 0 N–H and O–H groups in total. The number of piperidine rings is 1. The molecule has 0 aliphatic carbocycles. The van der Waals surface area contributed by atoms with Crippen LogP contribution in [0.25, 0.3) is 0 Å². The zero-order valence-electron chi connectivity index (χ0n) is 10.2. The van der Waals surface area contributed by atoms with Crippen LogP contribution in [0.3, 0.4) is 0 Å². The van der Waals surface area contributed by atoms with Crippen LogP contribution < -0.4 is 0 Å². The van der Waals surface area contributed by atoms with Crippen LogP contribution >= 0.6 is 0 Å². The molecule has 0 radical (unpaired) electrons.